The zero-order valence-corrected chi connectivity index (χ0v) is 12.6. The van der Waals surface area contributed by atoms with E-state index in [1.165, 1.54) is 6.07 Å². The summed E-state index contributed by atoms with van der Waals surface area (Å²) in [4.78, 5) is 4.57. The van der Waals surface area contributed by atoms with Gasteiger partial charge in [0.15, 0.2) is 0 Å². The highest BCUT2D eigenvalue weighted by Crippen LogP contribution is 2.34. The lowest BCUT2D eigenvalue weighted by molar-refractivity contribution is 0.162. The van der Waals surface area contributed by atoms with Crippen LogP contribution < -0.4 is 0 Å². The summed E-state index contributed by atoms with van der Waals surface area (Å²) in [7, 11) is 0. The second kappa shape index (κ2) is 5.17. The van der Waals surface area contributed by atoms with Crippen LogP contribution >= 0.6 is 23.2 Å². The molecule has 0 radical (unpaired) electrons. The lowest BCUT2D eigenvalue weighted by atomic mass is 10.0. The standard InChI is InChI=1S/C14H15Cl2FN2O/c1-14(3-5-20-8-14)19-12-7-10(17)9(16)6-11(12)18-13(19)2-4-15/h6-7H,2-5,8H2,1H3. The Hall–Kier alpha value is -0.840. The number of aromatic nitrogens is 2. The van der Waals surface area contributed by atoms with Gasteiger partial charge in [-0.25, -0.2) is 9.37 Å². The molecule has 3 rings (SSSR count). The molecule has 3 nitrogen and oxygen atoms in total. The largest absolute Gasteiger partial charge is 0.379 e. The Morgan fingerprint density at radius 3 is 2.95 bits per heavy atom. The molecule has 1 aromatic heterocycles. The average molecular weight is 317 g/mol. The molecule has 0 bridgehead atoms. The van der Waals surface area contributed by atoms with Crippen molar-refractivity contribution in [3.8, 4) is 0 Å². The number of hydrogen-bond acceptors (Lipinski definition) is 2. The summed E-state index contributed by atoms with van der Waals surface area (Å²) < 4.78 is 21.4. The highest BCUT2D eigenvalue weighted by molar-refractivity contribution is 6.31. The molecule has 1 unspecified atom stereocenters. The van der Waals surface area contributed by atoms with Gasteiger partial charge in [0.05, 0.1) is 28.2 Å². The molecule has 1 fully saturated rings. The lowest BCUT2D eigenvalue weighted by Gasteiger charge is -2.27. The van der Waals surface area contributed by atoms with Gasteiger partial charge in [-0.3, -0.25) is 0 Å². The quantitative estimate of drug-likeness (QED) is 0.806. The van der Waals surface area contributed by atoms with Crippen molar-refractivity contribution < 1.29 is 9.13 Å². The van der Waals surface area contributed by atoms with Gasteiger partial charge in [-0.1, -0.05) is 11.6 Å². The van der Waals surface area contributed by atoms with Crippen LogP contribution in [-0.4, -0.2) is 28.6 Å². The molecule has 1 saturated heterocycles. The molecule has 1 aromatic carbocycles. The van der Waals surface area contributed by atoms with Crippen LogP contribution in [0.3, 0.4) is 0 Å². The molecule has 1 atom stereocenters. The van der Waals surface area contributed by atoms with Gasteiger partial charge in [-0.15, -0.1) is 11.6 Å². The molecule has 1 aliphatic heterocycles. The highest BCUT2D eigenvalue weighted by Gasteiger charge is 2.35. The van der Waals surface area contributed by atoms with Gasteiger partial charge in [0.2, 0.25) is 0 Å². The number of halogens is 3. The summed E-state index contributed by atoms with van der Waals surface area (Å²) in [6.07, 6.45) is 1.50. The molecule has 0 aliphatic carbocycles. The van der Waals surface area contributed by atoms with E-state index in [4.69, 9.17) is 27.9 Å². The third-order valence-electron chi connectivity index (χ3n) is 3.82. The van der Waals surface area contributed by atoms with Crippen molar-refractivity contribution in [2.24, 2.45) is 0 Å². The number of aryl methyl sites for hydroxylation is 1. The monoisotopic (exact) mass is 316 g/mol. The van der Waals surface area contributed by atoms with Gasteiger partial charge < -0.3 is 9.30 Å². The van der Waals surface area contributed by atoms with Crippen LogP contribution in [0.15, 0.2) is 12.1 Å². The number of alkyl halides is 1. The second-order valence-corrected chi connectivity index (χ2v) is 6.14. The van der Waals surface area contributed by atoms with Crippen molar-refractivity contribution in [1.29, 1.82) is 0 Å². The van der Waals surface area contributed by atoms with E-state index in [1.54, 1.807) is 6.07 Å². The Kier molecular flexibility index (Phi) is 3.65. The third kappa shape index (κ3) is 2.20. The van der Waals surface area contributed by atoms with Gasteiger partial charge >= 0.3 is 0 Å². The first-order valence-corrected chi connectivity index (χ1v) is 7.47. The van der Waals surface area contributed by atoms with E-state index in [-0.39, 0.29) is 10.6 Å². The smallest absolute Gasteiger partial charge is 0.144 e. The van der Waals surface area contributed by atoms with Crippen molar-refractivity contribution in [2.75, 3.05) is 19.1 Å². The van der Waals surface area contributed by atoms with Crippen LogP contribution in [0.25, 0.3) is 11.0 Å². The van der Waals surface area contributed by atoms with E-state index < -0.39 is 5.82 Å². The summed E-state index contributed by atoms with van der Waals surface area (Å²) in [6, 6.07) is 3.02. The molecule has 0 N–H and O–H groups in total. The SMILES string of the molecule is CC1(n2c(CCCl)nc3cc(Cl)c(F)cc32)CCOC1. The predicted molar refractivity (Wildman–Crippen MR) is 78.2 cm³/mol. The fourth-order valence-corrected chi connectivity index (χ4v) is 3.14. The predicted octanol–water partition coefficient (Wildman–Crippen LogP) is 3.75. The summed E-state index contributed by atoms with van der Waals surface area (Å²) in [5.74, 6) is 0.890. The number of ether oxygens (including phenoxy) is 1. The van der Waals surface area contributed by atoms with Crippen LogP contribution in [0.4, 0.5) is 4.39 Å². The van der Waals surface area contributed by atoms with Crippen molar-refractivity contribution in [1.82, 2.24) is 9.55 Å². The Balaban J connectivity index is 2.25. The van der Waals surface area contributed by atoms with Crippen molar-refractivity contribution in [3.63, 3.8) is 0 Å². The fraction of sp³-hybridized carbons (Fsp3) is 0.500. The Bertz CT molecular complexity index is 650. The van der Waals surface area contributed by atoms with Crippen LogP contribution in [0.1, 0.15) is 19.2 Å². The first-order valence-electron chi connectivity index (χ1n) is 6.56. The number of benzene rings is 1. The number of hydrogen-bond donors (Lipinski definition) is 0. The van der Waals surface area contributed by atoms with Crippen LogP contribution in [0, 0.1) is 5.82 Å². The molecule has 2 heterocycles. The number of rotatable bonds is 3. The lowest BCUT2D eigenvalue weighted by Crippen LogP contribution is -2.32. The average Bonchev–Trinajstić information content (AvgIpc) is 2.96. The second-order valence-electron chi connectivity index (χ2n) is 5.36. The first kappa shape index (κ1) is 14.1. The summed E-state index contributed by atoms with van der Waals surface area (Å²) in [6.45, 7) is 3.40. The molecule has 0 amide bonds. The molecule has 0 spiro atoms. The van der Waals surface area contributed by atoms with E-state index in [0.717, 1.165) is 17.8 Å². The summed E-state index contributed by atoms with van der Waals surface area (Å²) in [5.41, 5.74) is 1.24. The molecule has 2 aromatic rings. The van der Waals surface area contributed by atoms with Gasteiger partial charge in [-0.05, 0) is 19.4 Å². The maximum Gasteiger partial charge on any atom is 0.144 e. The van der Waals surface area contributed by atoms with Gasteiger partial charge in [0.25, 0.3) is 0 Å². The van der Waals surface area contributed by atoms with E-state index >= 15 is 0 Å². The van der Waals surface area contributed by atoms with Crippen molar-refractivity contribution in [3.05, 3.63) is 28.8 Å². The maximum atomic E-state index is 13.8. The van der Waals surface area contributed by atoms with Crippen LogP contribution in [-0.2, 0) is 16.7 Å². The minimum absolute atomic E-state index is 0.0902. The van der Waals surface area contributed by atoms with Crippen LogP contribution in [0.5, 0.6) is 0 Å². The van der Waals surface area contributed by atoms with Gasteiger partial charge in [0.1, 0.15) is 11.6 Å². The summed E-state index contributed by atoms with van der Waals surface area (Å²) >= 11 is 11.7. The Morgan fingerprint density at radius 1 is 1.50 bits per heavy atom. The van der Waals surface area contributed by atoms with Crippen LogP contribution in [0.2, 0.25) is 5.02 Å². The summed E-state index contributed by atoms with van der Waals surface area (Å²) in [5, 5.41) is 0.0902. The zero-order valence-electron chi connectivity index (χ0n) is 11.1. The first-order chi connectivity index (χ1) is 9.55. The van der Waals surface area contributed by atoms with Gasteiger partial charge in [-0.2, -0.15) is 0 Å². The van der Waals surface area contributed by atoms with E-state index in [1.807, 2.05) is 0 Å². The molecular formula is C14H15Cl2FN2O. The van der Waals surface area contributed by atoms with E-state index in [2.05, 4.69) is 16.5 Å². The Morgan fingerprint density at radius 2 is 2.30 bits per heavy atom. The van der Waals surface area contributed by atoms with E-state index in [9.17, 15) is 4.39 Å². The number of imidazole rings is 1. The number of fused-ring (bicyclic) bond motifs is 1. The normalized spacial score (nSPS) is 22.8. The highest BCUT2D eigenvalue weighted by atomic mass is 35.5. The molecule has 1 aliphatic rings. The molecule has 108 valence electrons. The molecule has 20 heavy (non-hydrogen) atoms. The van der Waals surface area contributed by atoms with E-state index in [0.29, 0.717) is 31.0 Å². The fourth-order valence-electron chi connectivity index (χ4n) is 2.81. The molecule has 6 heteroatoms. The van der Waals surface area contributed by atoms with Crippen molar-refractivity contribution >= 4 is 34.2 Å². The Labute approximate surface area is 126 Å². The molecule has 0 saturated carbocycles. The topological polar surface area (TPSA) is 27.1 Å². The minimum Gasteiger partial charge on any atom is -0.379 e. The minimum atomic E-state index is -0.430. The third-order valence-corrected chi connectivity index (χ3v) is 4.30. The zero-order chi connectivity index (χ0) is 14.3. The molecular weight excluding hydrogens is 302 g/mol. The van der Waals surface area contributed by atoms with Crippen molar-refractivity contribution in [2.45, 2.75) is 25.3 Å². The number of nitrogens with zero attached hydrogens (tertiary/aromatic N) is 2. The van der Waals surface area contributed by atoms with Gasteiger partial charge in [0, 0.05) is 25.0 Å². The maximum absolute atomic E-state index is 13.8.